The van der Waals surface area contributed by atoms with Gasteiger partial charge in [0, 0.05) is 55.5 Å². The summed E-state index contributed by atoms with van der Waals surface area (Å²) in [6.45, 7) is 0.699. The lowest BCUT2D eigenvalue weighted by atomic mass is 10.2. The molecule has 0 amide bonds. The van der Waals surface area contributed by atoms with Crippen molar-refractivity contribution in [2.24, 2.45) is 0 Å². The molecule has 0 bridgehead atoms. The number of pyridine rings is 1. The Labute approximate surface area is 159 Å². The summed E-state index contributed by atoms with van der Waals surface area (Å²) in [5, 5.41) is 0. The van der Waals surface area contributed by atoms with Crippen molar-refractivity contribution in [1.82, 2.24) is 15.0 Å². The maximum atomic E-state index is 12.6. The minimum atomic E-state index is -2.96. The summed E-state index contributed by atoms with van der Waals surface area (Å²) in [6.07, 6.45) is 2.63. The van der Waals surface area contributed by atoms with E-state index in [0.29, 0.717) is 17.2 Å². The van der Waals surface area contributed by atoms with Crippen molar-refractivity contribution in [2.75, 3.05) is 53.2 Å². The van der Waals surface area contributed by atoms with Gasteiger partial charge >= 0.3 is 6.61 Å². The standard InChI is InChI=1S/C17H20F2N6OS/c18-16(19)26-13-8-11(10-21-15(13)20)12-9-14(24-4-6-27-7-5-24)23-17(22-12)25-2-1-3-25/h8-10,16H,1-7H2,(H2,20,21). The van der Waals surface area contributed by atoms with Crippen LogP contribution in [0.1, 0.15) is 6.42 Å². The van der Waals surface area contributed by atoms with Crippen LogP contribution in [0.2, 0.25) is 0 Å². The lowest BCUT2D eigenvalue weighted by Crippen LogP contribution is -2.39. The number of nitrogens with two attached hydrogens (primary N) is 1. The third kappa shape index (κ3) is 4.00. The first kappa shape index (κ1) is 18.0. The average molecular weight is 394 g/mol. The molecule has 0 radical (unpaired) electrons. The minimum absolute atomic E-state index is 0.0793. The van der Waals surface area contributed by atoms with Crippen molar-refractivity contribution >= 4 is 29.3 Å². The first-order chi connectivity index (χ1) is 13.1. The normalized spacial score (nSPS) is 17.1. The second-order valence-corrected chi connectivity index (χ2v) is 7.56. The summed E-state index contributed by atoms with van der Waals surface area (Å²) in [4.78, 5) is 17.7. The number of ether oxygens (including phenoxy) is 1. The van der Waals surface area contributed by atoms with Gasteiger partial charge in [0.15, 0.2) is 11.6 Å². The summed E-state index contributed by atoms with van der Waals surface area (Å²) >= 11 is 1.92. The lowest BCUT2D eigenvalue weighted by molar-refractivity contribution is -0.0494. The Hall–Kier alpha value is -2.36. The Balaban J connectivity index is 1.72. The van der Waals surface area contributed by atoms with Gasteiger partial charge in [0.2, 0.25) is 5.95 Å². The van der Waals surface area contributed by atoms with E-state index < -0.39 is 6.61 Å². The molecule has 2 aliphatic rings. The predicted molar refractivity (Wildman–Crippen MR) is 103 cm³/mol. The topological polar surface area (TPSA) is 80.4 Å². The molecule has 4 rings (SSSR count). The molecule has 7 nitrogen and oxygen atoms in total. The number of alkyl halides is 2. The highest BCUT2D eigenvalue weighted by molar-refractivity contribution is 7.99. The molecule has 0 spiro atoms. The highest BCUT2D eigenvalue weighted by Gasteiger charge is 2.22. The van der Waals surface area contributed by atoms with Gasteiger partial charge in [-0.3, -0.25) is 0 Å². The molecule has 2 aromatic rings. The molecule has 0 unspecified atom stereocenters. The van der Waals surface area contributed by atoms with E-state index in [1.54, 1.807) is 0 Å². The number of hydrogen-bond acceptors (Lipinski definition) is 8. The van der Waals surface area contributed by atoms with Crippen LogP contribution in [-0.4, -0.2) is 59.2 Å². The number of halogens is 2. The van der Waals surface area contributed by atoms with E-state index in [4.69, 9.17) is 10.7 Å². The van der Waals surface area contributed by atoms with Crippen molar-refractivity contribution in [2.45, 2.75) is 13.0 Å². The molecule has 0 aromatic carbocycles. The maximum absolute atomic E-state index is 12.6. The molecule has 2 aliphatic heterocycles. The summed E-state index contributed by atoms with van der Waals surface area (Å²) in [5.41, 5.74) is 6.83. The Kier molecular flexibility index (Phi) is 5.15. The van der Waals surface area contributed by atoms with Crippen LogP contribution in [-0.2, 0) is 0 Å². The number of rotatable bonds is 5. The van der Waals surface area contributed by atoms with Gasteiger partial charge in [0.05, 0.1) is 5.69 Å². The van der Waals surface area contributed by atoms with Crippen LogP contribution in [0, 0.1) is 0 Å². The number of hydrogen-bond donors (Lipinski definition) is 1. The third-order valence-corrected chi connectivity index (χ3v) is 5.51. The molecular formula is C17H20F2N6OS. The van der Waals surface area contributed by atoms with E-state index in [0.717, 1.165) is 49.9 Å². The molecule has 0 saturated carbocycles. The van der Waals surface area contributed by atoms with Crippen molar-refractivity contribution in [3.8, 4) is 17.0 Å². The summed E-state index contributed by atoms with van der Waals surface area (Å²) in [6, 6.07) is 3.32. The van der Waals surface area contributed by atoms with Crippen molar-refractivity contribution < 1.29 is 13.5 Å². The van der Waals surface area contributed by atoms with Crippen molar-refractivity contribution in [3.05, 3.63) is 18.3 Å². The Morgan fingerprint density at radius 3 is 2.52 bits per heavy atom. The van der Waals surface area contributed by atoms with Crippen LogP contribution >= 0.6 is 11.8 Å². The second-order valence-electron chi connectivity index (χ2n) is 6.34. The van der Waals surface area contributed by atoms with E-state index in [-0.39, 0.29) is 11.6 Å². The van der Waals surface area contributed by atoms with Crippen molar-refractivity contribution in [1.29, 1.82) is 0 Å². The molecular weight excluding hydrogens is 374 g/mol. The highest BCUT2D eigenvalue weighted by atomic mass is 32.2. The van der Waals surface area contributed by atoms with Crippen LogP contribution in [0.15, 0.2) is 18.3 Å². The Bertz CT molecular complexity index is 814. The number of aromatic nitrogens is 3. The summed E-state index contributed by atoms with van der Waals surface area (Å²) < 4.78 is 29.7. The van der Waals surface area contributed by atoms with Crippen LogP contribution < -0.4 is 20.3 Å². The largest absolute Gasteiger partial charge is 0.431 e. The third-order valence-electron chi connectivity index (χ3n) is 4.57. The highest BCUT2D eigenvalue weighted by Crippen LogP contribution is 2.31. The van der Waals surface area contributed by atoms with Gasteiger partial charge in [-0.25, -0.2) is 9.97 Å². The molecule has 2 fully saturated rings. The summed E-state index contributed by atoms with van der Waals surface area (Å²) in [7, 11) is 0. The molecule has 144 valence electrons. The molecule has 2 saturated heterocycles. The first-order valence-corrected chi connectivity index (χ1v) is 9.93. The van der Waals surface area contributed by atoms with Gasteiger partial charge in [-0.2, -0.15) is 25.5 Å². The quantitative estimate of drug-likeness (QED) is 0.829. The van der Waals surface area contributed by atoms with Crippen LogP contribution in [0.5, 0.6) is 5.75 Å². The number of thioether (sulfide) groups is 1. The van der Waals surface area contributed by atoms with Crippen molar-refractivity contribution in [3.63, 3.8) is 0 Å². The smallest absolute Gasteiger partial charge is 0.387 e. The van der Waals surface area contributed by atoms with Gasteiger partial charge in [0.25, 0.3) is 0 Å². The fourth-order valence-electron chi connectivity index (χ4n) is 2.97. The molecule has 10 heteroatoms. The second kappa shape index (κ2) is 7.71. The first-order valence-electron chi connectivity index (χ1n) is 8.77. The molecule has 0 aliphatic carbocycles. The fraction of sp³-hybridized carbons (Fsp3) is 0.471. The van der Waals surface area contributed by atoms with Gasteiger partial charge in [-0.1, -0.05) is 0 Å². The van der Waals surface area contributed by atoms with E-state index in [1.165, 1.54) is 12.3 Å². The number of nitrogens with zero attached hydrogens (tertiary/aromatic N) is 5. The van der Waals surface area contributed by atoms with Gasteiger partial charge in [-0.05, 0) is 12.5 Å². The number of anilines is 3. The average Bonchev–Trinajstić information content (AvgIpc) is 2.62. The van der Waals surface area contributed by atoms with Crippen LogP contribution in [0.4, 0.5) is 26.4 Å². The zero-order chi connectivity index (χ0) is 18.8. The molecule has 4 heterocycles. The van der Waals surface area contributed by atoms with E-state index in [1.807, 2.05) is 17.8 Å². The molecule has 0 atom stereocenters. The summed E-state index contributed by atoms with van der Waals surface area (Å²) in [5.74, 6) is 3.37. The van der Waals surface area contributed by atoms with E-state index >= 15 is 0 Å². The predicted octanol–water partition coefficient (Wildman–Crippen LogP) is 2.49. The fourth-order valence-corrected chi connectivity index (χ4v) is 3.87. The lowest BCUT2D eigenvalue weighted by Gasteiger charge is -2.33. The molecule has 2 N–H and O–H groups in total. The van der Waals surface area contributed by atoms with E-state index in [2.05, 4.69) is 24.5 Å². The van der Waals surface area contributed by atoms with Gasteiger partial charge in [0.1, 0.15) is 5.82 Å². The van der Waals surface area contributed by atoms with Crippen LogP contribution in [0.25, 0.3) is 11.3 Å². The zero-order valence-corrected chi connectivity index (χ0v) is 15.5. The van der Waals surface area contributed by atoms with Gasteiger partial charge in [-0.15, -0.1) is 0 Å². The maximum Gasteiger partial charge on any atom is 0.387 e. The van der Waals surface area contributed by atoms with Crippen LogP contribution in [0.3, 0.4) is 0 Å². The van der Waals surface area contributed by atoms with Gasteiger partial charge < -0.3 is 20.3 Å². The zero-order valence-electron chi connectivity index (χ0n) is 14.6. The number of nitrogen functional groups attached to an aromatic ring is 1. The Morgan fingerprint density at radius 1 is 1.07 bits per heavy atom. The SMILES string of the molecule is Nc1ncc(-c2cc(N3CCSCC3)nc(N3CCC3)n2)cc1OC(F)F. The van der Waals surface area contributed by atoms with E-state index in [9.17, 15) is 8.78 Å². The minimum Gasteiger partial charge on any atom is -0.431 e. The Morgan fingerprint density at radius 2 is 1.85 bits per heavy atom. The molecule has 2 aromatic heterocycles. The monoisotopic (exact) mass is 394 g/mol. The molecule has 27 heavy (non-hydrogen) atoms.